The number of halogens is 1. The van der Waals surface area contributed by atoms with Crippen LogP contribution >= 0.6 is 11.6 Å². The van der Waals surface area contributed by atoms with Gasteiger partial charge in [0.2, 0.25) is 5.28 Å². The molecule has 1 aromatic rings. The third kappa shape index (κ3) is 1.94. The van der Waals surface area contributed by atoms with Crippen LogP contribution in [0, 0.1) is 0 Å². The number of hydrogen-bond donors (Lipinski definition) is 1. The molecule has 0 saturated carbocycles. The Balaban J connectivity index is 2.05. The lowest BCUT2D eigenvalue weighted by Gasteiger charge is -2.43. The molecule has 1 N–H and O–H groups in total. The van der Waals surface area contributed by atoms with E-state index in [9.17, 15) is 4.79 Å². The highest BCUT2D eigenvalue weighted by Crippen LogP contribution is 2.35. The minimum atomic E-state index is -0.915. The van der Waals surface area contributed by atoms with Gasteiger partial charge in [0.05, 0.1) is 32.6 Å². The van der Waals surface area contributed by atoms with Crippen molar-refractivity contribution in [3.8, 4) is 0 Å². The van der Waals surface area contributed by atoms with Crippen molar-refractivity contribution in [3.05, 3.63) is 11.5 Å². The SMILES string of the molecule is CN1c2nc(Cl)ncc2NC(=O)C12COCCOC2. The third-order valence-corrected chi connectivity index (χ3v) is 3.61. The Morgan fingerprint density at radius 1 is 1.42 bits per heavy atom. The molecule has 8 heteroatoms. The molecule has 7 nitrogen and oxygen atoms in total. The van der Waals surface area contributed by atoms with Gasteiger partial charge in [-0.25, -0.2) is 4.98 Å². The Labute approximate surface area is 114 Å². The fourth-order valence-electron chi connectivity index (χ4n) is 2.26. The molecule has 0 radical (unpaired) electrons. The normalized spacial score (nSPS) is 21.8. The highest BCUT2D eigenvalue weighted by molar-refractivity contribution is 6.28. The number of ether oxygens (including phenoxy) is 2. The van der Waals surface area contributed by atoms with Crippen LogP contribution in [0.5, 0.6) is 0 Å². The Morgan fingerprint density at radius 2 is 2.11 bits per heavy atom. The summed E-state index contributed by atoms with van der Waals surface area (Å²) in [5, 5.41) is 2.91. The highest BCUT2D eigenvalue weighted by atomic mass is 35.5. The van der Waals surface area contributed by atoms with Crippen molar-refractivity contribution in [1.29, 1.82) is 0 Å². The summed E-state index contributed by atoms with van der Waals surface area (Å²) in [5.74, 6) is 0.379. The van der Waals surface area contributed by atoms with Crippen molar-refractivity contribution in [2.24, 2.45) is 0 Å². The minimum Gasteiger partial charge on any atom is -0.376 e. The number of fused-ring (bicyclic) bond motifs is 1. The van der Waals surface area contributed by atoms with Crippen molar-refractivity contribution < 1.29 is 14.3 Å². The topological polar surface area (TPSA) is 76.6 Å². The Bertz CT molecular complexity index is 517. The number of hydrogen-bond acceptors (Lipinski definition) is 6. The van der Waals surface area contributed by atoms with Gasteiger partial charge in [0, 0.05) is 7.05 Å². The molecule has 1 amide bonds. The molecule has 1 fully saturated rings. The molecule has 2 aliphatic rings. The first-order chi connectivity index (χ1) is 9.13. The van der Waals surface area contributed by atoms with Crippen LogP contribution in [0.4, 0.5) is 11.5 Å². The maximum absolute atomic E-state index is 12.4. The molecule has 1 saturated heterocycles. The van der Waals surface area contributed by atoms with Gasteiger partial charge in [-0.05, 0) is 11.6 Å². The summed E-state index contributed by atoms with van der Waals surface area (Å²) in [4.78, 5) is 22.2. The van der Waals surface area contributed by atoms with Gasteiger partial charge >= 0.3 is 0 Å². The zero-order valence-electron chi connectivity index (χ0n) is 10.4. The van der Waals surface area contributed by atoms with Gasteiger partial charge in [-0.1, -0.05) is 0 Å². The fourth-order valence-corrected chi connectivity index (χ4v) is 2.38. The van der Waals surface area contributed by atoms with Crippen LogP contribution in [-0.2, 0) is 14.3 Å². The predicted molar refractivity (Wildman–Crippen MR) is 68.4 cm³/mol. The van der Waals surface area contributed by atoms with E-state index < -0.39 is 5.54 Å². The van der Waals surface area contributed by atoms with E-state index in [2.05, 4.69) is 15.3 Å². The van der Waals surface area contributed by atoms with E-state index >= 15 is 0 Å². The minimum absolute atomic E-state index is 0.132. The van der Waals surface area contributed by atoms with Gasteiger partial charge in [0.1, 0.15) is 5.69 Å². The van der Waals surface area contributed by atoms with Crippen LogP contribution in [0.1, 0.15) is 0 Å². The lowest BCUT2D eigenvalue weighted by Crippen LogP contribution is -2.63. The second kappa shape index (κ2) is 4.59. The monoisotopic (exact) mass is 284 g/mol. The molecule has 2 aliphatic heterocycles. The molecule has 1 spiro atoms. The van der Waals surface area contributed by atoms with Crippen LogP contribution in [0.25, 0.3) is 0 Å². The number of carbonyl (C=O) groups is 1. The standard InChI is InChI=1S/C11H13ClN4O3/c1-16-8-7(4-13-10(12)15-8)14-9(17)11(16)5-18-2-3-19-6-11/h4H,2-3,5-6H2,1H3,(H,14,17). The van der Waals surface area contributed by atoms with Crippen molar-refractivity contribution in [2.75, 3.05) is 43.7 Å². The smallest absolute Gasteiger partial charge is 0.255 e. The lowest BCUT2D eigenvalue weighted by atomic mass is 9.96. The molecule has 3 rings (SSSR count). The van der Waals surface area contributed by atoms with Gasteiger partial charge in [-0.2, -0.15) is 4.98 Å². The number of nitrogens with one attached hydrogen (secondary N) is 1. The molecule has 3 heterocycles. The summed E-state index contributed by atoms with van der Waals surface area (Å²) < 4.78 is 10.9. The van der Waals surface area contributed by atoms with Crippen LogP contribution in [0.2, 0.25) is 5.28 Å². The first kappa shape index (κ1) is 12.6. The molecule has 1 aromatic heterocycles. The van der Waals surface area contributed by atoms with E-state index in [1.54, 1.807) is 11.9 Å². The van der Waals surface area contributed by atoms with Crippen molar-refractivity contribution in [2.45, 2.75) is 5.54 Å². The van der Waals surface area contributed by atoms with E-state index in [0.717, 1.165) is 0 Å². The van der Waals surface area contributed by atoms with Crippen LogP contribution in [0.3, 0.4) is 0 Å². The molecule has 0 aliphatic carbocycles. The largest absolute Gasteiger partial charge is 0.376 e. The fraction of sp³-hybridized carbons (Fsp3) is 0.545. The number of carbonyl (C=O) groups excluding carboxylic acids is 1. The Morgan fingerprint density at radius 3 is 2.79 bits per heavy atom. The highest BCUT2D eigenvalue weighted by Gasteiger charge is 2.48. The van der Waals surface area contributed by atoms with Crippen LogP contribution in [0.15, 0.2) is 6.20 Å². The summed E-state index contributed by atoms with van der Waals surface area (Å²) in [5.41, 5.74) is -0.381. The summed E-state index contributed by atoms with van der Waals surface area (Å²) in [6.45, 7) is 1.44. The van der Waals surface area contributed by atoms with E-state index in [4.69, 9.17) is 21.1 Å². The Kier molecular flexibility index (Phi) is 3.04. The number of rotatable bonds is 0. The van der Waals surface area contributed by atoms with E-state index in [-0.39, 0.29) is 24.4 Å². The quantitative estimate of drug-likeness (QED) is 0.691. The number of anilines is 2. The summed E-state index contributed by atoms with van der Waals surface area (Å²) in [7, 11) is 1.78. The molecule has 102 valence electrons. The second-order valence-electron chi connectivity index (χ2n) is 4.53. The molecular weight excluding hydrogens is 272 g/mol. The second-order valence-corrected chi connectivity index (χ2v) is 4.86. The number of amides is 1. The summed E-state index contributed by atoms with van der Waals surface area (Å²) in [6.07, 6.45) is 1.49. The van der Waals surface area contributed by atoms with Crippen molar-refractivity contribution in [3.63, 3.8) is 0 Å². The lowest BCUT2D eigenvalue weighted by molar-refractivity contribution is -0.124. The zero-order chi connectivity index (χ0) is 13.5. The first-order valence-electron chi connectivity index (χ1n) is 5.87. The molecule has 0 bridgehead atoms. The van der Waals surface area contributed by atoms with Crippen LogP contribution < -0.4 is 10.2 Å². The van der Waals surface area contributed by atoms with E-state index in [1.807, 2.05) is 0 Å². The average Bonchev–Trinajstić information content (AvgIpc) is 2.65. The van der Waals surface area contributed by atoms with E-state index in [1.165, 1.54) is 6.20 Å². The van der Waals surface area contributed by atoms with Crippen LogP contribution in [-0.4, -0.2) is 54.9 Å². The van der Waals surface area contributed by atoms with Crippen molar-refractivity contribution in [1.82, 2.24) is 9.97 Å². The van der Waals surface area contributed by atoms with Crippen molar-refractivity contribution >= 4 is 29.0 Å². The molecule has 0 aromatic carbocycles. The first-order valence-corrected chi connectivity index (χ1v) is 6.24. The van der Waals surface area contributed by atoms with Gasteiger partial charge in [-0.3, -0.25) is 4.79 Å². The van der Waals surface area contributed by atoms with E-state index in [0.29, 0.717) is 24.7 Å². The van der Waals surface area contributed by atoms with Gasteiger partial charge < -0.3 is 19.7 Å². The zero-order valence-corrected chi connectivity index (χ0v) is 11.1. The van der Waals surface area contributed by atoms with Gasteiger partial charge in [0.25, 0.3) is 5.91 Å². The number of nitrogens with zero attached hydrogens (tertiary/aromatic N) is 3. The Hall–Kier alpha value is -1.44. The molecule has 19 heavy (non-hydrogen) atoms. The number of aromatic nitrogens is 2. The average molecular weight is 285 g/mol. The molecular formula is C11H13ClN4O3. The predicted octanol–water partition coefficient (Wildman–Crippen LogP) is 0.304. The maximum Gasteiger partial charge on any atom is 0.255 e. The third-order valence-electron chi connectivity index (χ3n) is 3.42. The summed E-state index contributed by atoms with van der Waals surface area (Å²) in [6, 6.07) is 0. The van der Waals surface area contributed by atoms with Gasteiger partial charge in [-0.15, -0.1) is 0 Å². The maximum atomic E-state index is 12.4. The number of likely N-dealkylation sites (N-methyl/N-ethyl adjacent to an activating group) is 1. The molecule has 0 unspecified atom stereocenters. The molecule has 0 atom stereocenters. The van der Waals surface area contributed by atoms with Gasteiger partial charge in [0.15, 0.2) is 11.4 Å². The summed E-state index contributed by atoms with van der Waals surface area (Å²) >= 11 is 5.81.